The van der Waals surface area contributed by atoms with Gasteiger partial charge in [0.25, 0.3) is 11.5 Å². The van der Waals surface area contributed by atoms with Crippen LogP contribution in [0.2, 0.25) is 0 Å². The third kappa shape index (κ3) is 6.09. The molecule has 1 aliphatic heterocycles. The predicted molar refractivity (Wildman–Crippen MR) is 142 cm³/mol. The van der Waals surface area contributed by atoms with Crippen molar-refractivity contribution >= 4 is 35.0 Å². The molecule has 2 aromatic rings. The van der Waals surface area contributed by atoms with Crippen LogP contribution in [0.5, 0.6) is 0 Å². The third-order valence-corrected chi connectivity index (χ3v) is 8.61. The van der Waals surface area contributed by atoms with E-state index in [9.17, 15) is 18.4 Å². The molecule has 5 rings (SSSR count). The Labute approximate surface area is 218 Å². The van der Waals surface area contributed by atoms with Crippen LogP contribution in [-0.4, -0.2) is 52.2 Å². The molecule has 0 unspecified atom stereocenters. The summed E-state index contributed by atoms with van der Waals surface area (Å²) >= 11 is 1.40. The fourth-order valence-electron chi connectivity index (χ4n) is 5.33. The van der Waals surface area contributed by atoms with Crippen molar-refractivity contribution in [2.45, 2.75) is 63.3 Å². The zero-order chi connectivity index (χ0) is 26.0. The molecule has 2 heterocycles. The third-order valence-electron chi connectivity index (χ3n) is 7.85. The van der Waals surface area contributed by atoms with Crippen molar-refractivity contribution in [1.29, 1.82) is 0 Å². The fraction of sp³-hybridized carbons (Fsp3) is 0.577. The lowest BCUT2D eigenvalue weighted by atomic mass is 9.92. The van der Waals surface area contributed by atoms with Crippen LogP contribution in [0.15, 0.2) is 35.1 Å². The van der Waals surface area contributed by atoms with Gasteiger partial charge in [0, 0.05) is 43.4 Å². The van der Waals surface area contributed by atoms with E-state index in [4.69, 9.17) is 5.11 Å². The van der Waals surface area contributed by atoms with Gasteiger partial charge in [0.15, 0.2) is 5.82 Å². The molecule has 3 fully saturated rings. The molecular formula is C26H33F2N5O3S. The smallest absolute Gasteiger partial charge is 0.267 e. The Morgan fingerprint density at radius 1 is 1.08 bits per heavy atom. The number of halogens is 2. The van der Waals surface area contributed by atoms with E-state index in [0.29, 0.717) is 16.7 Å². The van der Waals surface area contributed by atoms with E-state index in [0.717, 1.165) is 37.3 Å². The van der Waals surface area contributed by atoms with Gasteiger partial charge in [-0.2, -0.15) is 5.10 Å². The van der Waals surface area contributed by atoms with E-state index in [1.807, 2.05) is 12.1 Å². The number of hydrogen-bond acceptors (Lipinski definition) is 7. The number of nitrogens with one attached hydrogen (secondary N) is 2. The number of rotatable bonds is 8. The zero-order valence-electron chi connectivity index (χ0n) is 20.7. The normalized spacial score (nSPS) is 20.6. The number of amides is 1. The van der Waals surface area contributed by atoms with E-state index in [1.54, 1.807) is 6.07 Å². The topological polar surface area (TPSA) is 99.5 Å². The minimum Gasteiger partial charge on any atom is -0.395 e. The first-order chi connectivity index (χ1) is 17.8. The highest BCUT2D eigenvalue weighted by atomic mass is 32.2. The van der Waals surface area contributed by atoms with Crippen LogP contribution < -0.4 is 20.5 Å². The molecular weight excluding hydrogens is 500 g/mol. The van der Waals surface area contributed by atoms with Crippen LogP contribution in [-0.2, 0) is 0 Å². The van der Waals surface area contributed by atoms with Crippen molar-refractivity contribution in [1.82, 2.24) is 9.78 Å². The molecule has 3 N–H and O–H groups in total. The van der Waals surface area contributed by atoms with Crippen LogP contribution in [0.25, 0.3) is 0 Å². The molecule has 2 aliphatic carbocycles. The molecule has 3 aliphatic rings. The van der Waals surface area contributed by atoms with Gasteiger partial charge in [-0.05, 0) is 68.2 Å². The summed E-state index contributed by atoms with van der Waals surface area (Å²) in [5.41, 5.74) is 2.29. The number of carbonyl (C=O) groups is 1. The van der Waals surface area contributed by atoms with Crippen LogP contribution in [0.1, 0.15) is 67.8 Å². The molecule has 8 nitrogen and oxygen atoms in total. The standard InChI is InChI=1S/C26H33F2N5O3S/c27-26(28)7-5-19(6-8-26)33-23(35)4-3-22(30-33)29-24(36)20-2-1-18(31-37-16-15-34)17-21(20)32-13-11-25(9-10-25)12-14-32/h1-4,17,19,31,34H,5-16H2,(H,29,30,36). The fourth-order valence-corrected chi connectivity index (χ4v) is 5.82. The summed E-state index contributed by atoms with van der Waals surface area (Å²) in [4.78, 5) is 28.1. The second-order valence-corrected chi connectivity index (χ2v) is 11.3. The van der Waals surface area contributed by atoms with Gasteiger partial charge in [0.05, 0.1) is 23.9 Å². The molecule has 1 spiro atoms. The van der Waals surface area contributed by atoms with Crippen LogP contribution in [0.4, 0.5) is 26.0 Å². The maximum atomic E-state index is 13.6. The second kappa shape index (κ2) is 10.6. The molecule has 11 heteroatoms. The number of benzene rings is 1. The summed E-state index contributed by atoms with van der Waals surface area (Å²) in [5.74, 6) is -2.29. The Morgan fingerprint density at radius 2 is 1.81 bits per heavy atom. The van der Waals surface area contributed by atoms with E-state index in [-0.39, 0.29) is 49.6 Å². The summed E-state index contributed by atoms with van der Waals surface area (Å²) < 4.78 is 31.7. The number of hydrogen-bond donors (Lipinski definition) is 3. The monoisotopic (exact) mass is 533 g/mol. The number of nitrogens with zero attached hydrogens (tertiary/aromatic N) is 3. The summed E-state index contributed by atoms with van der Waals surface area (Å²) in [5, 5.41) is 16.2. The first-order valence-electron chi connectivity index (χ1n) is 12.9. The van der Waals surface area contributed by atoms with Gasteiger partial charge in [-0.3, -0.25) is 9.59 Å². The summed E-state index contributed by atoms with van der Waals surface area (Å²) in [7, 11) is 0. The number of aromatic nitrogens is 2. The molecule has 1 saturated heterocycles. The minimum atomic E-state index is -2.70. The number of alkyl halides is 2. The molecule has 0 bridgehead atoms. The molecule has 200 valence electrons. The summed E-state index contributed by atoms with van der Waals surface area (Å²) in [6.07, 6.45) is 4.57. The van der Waals surface area contributed by atoms with Crippen molar-refractivity contribution < 1.29 is 18.7 Å². The van der Waals surface area contributed by atoms with Crippen LogP contribution in [0, 0.1) is 5.41 Å². The van der Waals surface area contributed by atoms with Crippen molar-refractivity contribution in [2.75, 3.05) is 40.4 Å². The molecule has 0 radical (unpaired) electrons. The number of aliphatic hydroxyl groups is 1. The van der Waals surface area contributed by atoms with Gasteiger partial charge in [0.2, 0.25) is 5.92 Å². The molecule has 1 aromatic heterocycles. The molecule has 2 saturated carbocycles. The largest absolute Gasteiger partial charge is 0.395 e. The molecule has 1 aromatic carbocycles. The van der Waals surface area contributed by atoms with Gasteiger partial charge in [-0.15, -0.1) is 0 Å². The van der Waals surface area contributed by atoms with Crippen molar-refractivity contribution in [3.8, 4) is 0 Å². The average Bonchev–Trinajstić information content (AvgIpc) is 3.64. The van der Waals surface area contributed by atoms with Crippen LogP contribution in [0.3, 0.4) is 0 Å². The zero-order valence-corrected chi connectivity index (χ0v) is 21.5. The first-order valence-corrected chi connectivity index (χ1v) is 13.9. The van der Waals surface area contributed by atoms with E-state index in [2.05, 4.69) is 20.0 Å². The number of piperidine rings is 1. The lowest BCUT2D eigenvalue weighted by molar-refractivity contribution is -0.0453. The average molecular weight is 534 g/mol. The Hall–Kier alpha value is -2.66. The summed E-state index contributed by atoms with van der Waals surface area (Å²) in [6.45, 7) is 1.82. The number of anilines is 3. The lowest BCUT2D eigenvalue weighted by Crippen LogP contribution is -2.36. The highest BCUT2D eigenvalue weighted by Crippen LogP contribution is 2.54. The Kier molecular flexibility index (Phi) is 7.44. The molecule has 0 atom stereocenters. The van der Waals surface area contributed by atoms with Crippen molar-refractivity contribution in [3.05, 3.63) is 46.2 Å². The Morgan fingerprint density at radius 3 is 2.49 bits per heavy atom. The number of aliphatic hydroxyl groups excluding tert-OH is 1. The van der Waals surface area contributed by atoms with E-state index < -0.39 is 12.0 Å². The van der Waals surface area contributed by atoms with Gasteiger partial charge < -0.3 is 20.0 Å². The van der Waals surface area contributed by atoms with Gasteiger partial charge in [-0.25, -0.2) is 13.5 Å². The Balaban J connectivity index is 1.35. The predicted octanol–water partition coefficient (Wildman–Crippen LogP) is 4.68. The van der Waals surface area contributed by atoms with Gasteiger partial charge >= 0.3 is 0 Å². The van der Waals surface area contributed by atoms with Gasteiger partial charge in [-0.1, -0.05) is 11.9 Å². The van der Waals surface area contributed by atoms with Crippen LogP contribution >= 0.6 is 11.9 Å². The van der Waals surface area contributed by atoms with Crippen molar-refractivity contribution in [3.63, 3.8) is 0 Å². The lowest BCUT2D eigenvalue weighted by Gasteiger charge is -2.35. The number of carbonyl (C=O) groups excluding carboxylic acids is 1. The highest BCUT2D eigenvalue weighted by Gasteiger charge is 2.44. The molecule has 1 amide bonds. The second-order valence-electron chi connectivity index (χ2n) is 10.4. The van der Waals surface area contributed by atoms with E-state index in [1.165, 1.54) is 41.6 Å². The summed E-state index contributed by atoms with van der Waals surface area (Å²) in [6, 6.07) is 7.91. The molecule has 37 heavy (non-hydrogen) atoms. The van der Waals surface area contributed by atoms with E-state index >= 15 is 0 Å². The minimum absolute atomic E-state index is 0.0671. The highest BCUT2D eigenvalue weighted by molar-refractivity contribution is 8.00. The Bertz CT molecular complexity index is 1180. The quantitative estimate of drug-likeness (QED) is 0.335. The van der Waals surface area contributed by atoms with Gasteiger partial charge in [0.1, 0.15) is 0 Å². The maximum absolute atomic E-state index is 13.6. The maximum Gasteiger partial charge on any atom is 0.267 e. The van der Waals surface area contributed by atoms with Crippen molar-refractivity contribution in [2.24, 2.45) is 5.41 Å². The SMILES string of the molecule is O=C(Nc1ccc(=O)n(C2CCC(F)(F)CC2)n1)c1ccc(NSCCO)cc1N1CCC2(CC1)CC2. The first kappa shape index (κ1) is 26.0.